The number of sulfonamides is 1. The summed E-state index contributed by atoms with van der Waals surface area (Å²) in [7, 11) is -3.20. The first-order chi connectivity index (χ1) is 12.1. The normalized spacial score (nSPS) is 15.8. The lowest BCUT2D eigenvalue weighted by Gasteiger charge is -2.17. The Labute approximate surface area is 146 Å². The second kappa shape index (κ2) is 7.47. The summed E-state index contributed by atoms with van der Waals surface area (Å²) >= 11 is 0. The number of carbonyl (C=O) groups is 1. The predicted octanol–water partition coefficient (Wildman–Crippen LogP) is 0.858. The highest BCUT2D eigenvalue weighted by atomic mass is 32.2. The first-order valence-corrected chi connectivity index (χ1v) is 9.57. The summed E-state index contributed by atoms with van der Waals surface area (Å²) in [5.41, 5.74) is 1.08. The van der Waals surface area contributed by atoms with Crippen LogP contribution >= 0.6 is 0 Å². The van der Waals surface area contributed by atoms with Crippen LogP contribution in [0, 0.1) is 0 Å². The van der Waals surface area contributed by atoms with Crippen molar-refractivity contribution in [3.63, 3.8) is 0 Å². The molecule has 1 aromatic heterocycles. The summed E-state index contributed by atoms with van der Waals surface area (Å²) in [6, 6.07) is 8.31. The van der Waals surface area contributed by atoms with E-state index in [-0.39, 0.29) is 11.7 Å². The summed E-state index contributed by atoms with van der Waals surface area (Å²) in [6.45, 7) is 1.40. The summed E-state index contributed by atoms with van der Waals surface area (Å²) in [4.78, 5) is 20.2. The molecule has 1 amide bonds. The van der Waals surface area contributed by atoms with Crippen molar-refractivity contribution in [2.45, 2.75) is 6.42 Å². The summed E-state index contributed by atoms with van der Waals surface area (Å²) in [5, 5.41) is 5.78. The van der Waals surface area contributed by atoms with Crippen LogP contribution in [0.1, 0.15) is 16.8 Å². The Morgan fingerprint density at radius 1 is 1.12 bits per heavy atom. The van der Waals surface area contributed by atoms with Gasteiger partial charge in [0.25, 0.3) is 5.91 Å². The highest BCUT2D eigenvalue weighted by Crippen LogP contribution is 2.24. The third-order valence-corrected chi connectivity index (χ3v) is 5.65. The van der Waals surface area contributed by atoms with Crippen molar-refractivity contribution in [2.24, 2.45) is 0 Å². The van der Waals surface area contributed by atoms with E-state index in [0.29, 0.717) is 43.3 Å². The molecule has 1 aliphatic rings. The van der Waals surface area contributed by atoms with Crippen LogP contribution in [0.4, 0.5) is 11.6 Å². The van der Waals surface area contributed by atoms with Gasteiger partial charge in [-0.2, -0.15) is 0 Å². The van der Waals surface area contributed by atoms with Gasteiger partial charge in [-0.1, -0.05) is 0 Å². The Bertz CT molecular complexity index is 825. The van der Waals surface area contributed by atoms with E-state index >= 15 is 0 Å². The topological polar surface area (TPSA) is 104 Å². The predicted molar refractivity (Wildman–Crippen MR) is 95.0 cm³/mol. The molecule has 1 aliphatic heterocycles. The van der Waals surface area contributed by atoms with Gasteiger partial charge in [-0.15, -0.1) is 0 Å². The molecule has 0 atom stereocenters. The van der Waals surface area contributed by atoms with Gasteiger partial charge in [-0.25, -0.2) is 18.4 Å². The fraction of sp³-hybridized carbons (Fsp3) is 0.312. The number of aromatic nitrogens is 2. The van der Waals surface area contributed by atoms with Gasteiger partial charge in [0.15, 0.2) is 0 Å². The van der Waals surface area contributed by atoms with Crippen LogP contribution < -0.4 is 14.9 Å². The molecule has 1 aromatic carbocycles. The SMILES string of the molecule is O=C(NCCNc1ncccn1)c1ccc(N2CCCS2(=O)=O)cc1. The second-order valence-corrected chi connectivity index (χ2v) is 7.56. The van der Waals surface area contributed by atoms with E-state index in [1.807, 2.05) is 0 Å². The van der Waals surface area contributed by atoms with Crippen molar-refractivity contribution in [1.82, 2.24) is 15.3 Å². The number of benzene rings is 1. The maximum absolute atomic E-state index is 12.1. The molecule has 0 spiro atoms. The van der Waals surface area contributed by atoms with Gasteiger partial charge in [0.1, 0.15) is 0 Å². The quantitative estimate of drug-likeness (QED) is 0.740. The maximum atomic E-state index is 12.1. The number of amides is 1. The molecule has 0 bridgehead atoms. The van der Waals surface area contributed by atoms with E-state index in [0.717, 1.165) is 0 Å². The lowest BCUT2D eigenvalue weighted by atomic mass is 10.2. The molecule has 3 rings (SSSR count). The molecule has 2 aromatic rings. The molecule has 8 nitrogen and oxygen atoms in total. The molecule has 9 heteroatoms. The molecular weight excluding hydrogens is 342 g/mol. The molecule has 2 heterocycles. The van der Waals surface area contributed by atoms with E-state index < -0.39 is 10.0 Å². The Morgan fingerprint density at radius 2 is 1.84 bits per heavy atom. The number of carbonyl (C=O) groups excluding carboxylic acids is 1. The smallest absolute Gasteiger partial charge is 0.251 e. The number of anilines is 2. The first kappa shape index (κ1) is 17.2. The van der Waals surface area contributed by atoms with E-state index in [4.69, 9.17) is 0 Å². The third kappa shape index (κ3) is 4.24. The number of hydrogen-bond donors (Lipinski definition) is 2. The summed E-state index contributed by atoms with van der Waals surface area (Å²) in [5.74, 6) is 0.465. The average Bonchev–Trinajstić information content (AvgIpc) is 2.99. The van der Waals surface area contributed by atoms with Crippen LogP contribution in [0.3, 0.4) is 0 Å². The van der Waals surface area contributed by atoms with Crippen LogP contribution in [0.5, 0.6) is 0 Å². The molecule has 0 aliphatic carbocycles. The molecule has 1 fully saturated rings. The van der Waals surface area contributed by atoms with Gasteiger partial charge in [-0.05, 0) is 36.8 Å². The van der Waals surface area contributed by atoms with Crippen LogP contribution in [0.15, 0.2) is 42.7 Å². The van der Waals surface area contributed by atoms with E-state index in [1.54, 1.807) is 42.7 Å². The van der Waals surface area contributed by atoms with E-state index in [2.05, 4.69) is 20.6 Å². The highest BCUT2D eigenvalue weighted by Gasteiger charge is 2.28. The fourth-order valence-corrected chi connectivity index (χ4v) is 4.12. The minimum Gasteiger partial charge on any atom is -0.352 e. The minimum atomic E-state index is -3.20. The Morgan fingerprint density at radius 3 is 2.48 bits per heavy atom. The fourth-order valence-electron chi connectivity index (χ4n) is 2.55. The van der Waals surface area contributed by atoms with Crippen LogP contribution in [0.25, 0.3) is 0 Å². The largest absolute Gasteiger partial charge is 0.352 e. The lowest BCUT2D eigenvalue weighted by Crippen LogP contribution is -2.29. The van der Waals surface area contributed by atoms with Crippen molar-refractivity contribution in [2.75, 3.05) is 35.0 Å². The molecule has 0 radical (unpaired) electrons. The lowest BCUT2D eigenvalue weighted by molar-refractivity contribution is 0.0955. The van der Waals surface area contributed by atoms with Gasteiger partial charge < -0.3 is 10.6 Å². The zero-order valence-electron chi connectivity index (χ0n) is 13.6. The van der Waals surface area contributed by atoms with Crippen LogP contribution in [0.2, 0.25) is 0 Å². The Kier molecular flexibility index (Phi) is 5.13. The van der Waals surface area contributed by atoms with Gasteiger partial charge in [0.2, 0.25) is 16.0 Å². The number of hydrogen-bond acceptors (Lipinski definition) is 6. The molecular formula is C16H19N5O3S. The average molecular weight is 361 g/mol. The van der Waals surface area contributed by atoms with Crippen LogP contribution in [-0.4, -0.2) is 49.7 Å². The van der Waals surface area contributed by atoms with Crippen molar-refractivity contribution in [3.05, 3.63) is 48.3 Å². The molecule has 25 heavy (non-hydrogen) atoms. The molecule has 0 unspecified atom stereocenters. The number of nitrogens with one attached hydrogen (secondary N) is 2. The first-order valence-electron chi connectivity index (χ1n) is 7.96. The molecule has 1 saturated heterocycles. The van der Waals surface area contributed by atoms with Crippen molar-refractivity contribution < 1.29 is 13.2 Å². The highest BCUT2D eigenvalue weighted by molar-refractivity contribution is 7.93. The standard InChI is InChI=1S/C16H19N5O3S/c22-15(17-9-10-20-16-18-7-1-8-19-16)13-3-5-14(6-4-13)21-11-2-12-25(21,23)24/h1,3-8H,2,9-12H2,(H,17,22)(H,18,19,20). The van der Waals surface area contributed by atoms with E-state index in [1.165, 1.54) is 4.31 Å². The minimum absolute atomic E-state index is 0.174. The Balaban J connectivity index is 1.51. The van der Waals surface area contributed by atoms with Gasteiger partial charge in [0, 0.05) is 37.6 Å². The third-order valence-electron chi connectivity index (χ3n) is 3.78. The summed E-state index contributed by atoms with van der Waals surface area (Å²) < 4.78 is 25.2. The van der Waals surface area contributed by atoms with Crippen molar-refractivity contribution in [3.8, 4) is 0 Å². The van der Waals surface area contributed by atoms with Crippen molar-refractivity contribution in [1.29, 1.82) is 0 Å². The Hall–Kier alpha value is -2.68. The molecule has 2 N–H and O–H groups in total. The van der Waals surface area contributed by atoms with Gasteiger partial charge in [-0.3, -0.25) is 9.10 Å². The summed E-state index contributed by atoms with van der Waals surface area (Å²) in [6.07, 6.45) is 3.90. The zero-order chi connectivity index (χ0) is 17.7. The second-order valence-electron chi connectivity index (χ2n) is 5.54. The van der Waals surface area contributed by atoms with Gasteiger partial charge in [0.05, 0.1) is 11.4 Å². The molecule has 132 valence electrons. The van der Waals surface area contributed by atoms with Gasteiger partial charge >= 0.3 is 0 Å². The van der Waals surface area contributed by atoms with Crippen molar-refractivity contribution >= 4 is 27.6 Å². The molecule has 0 saturated carbocycles. The zero-order valence-corrected chi connectivity index (χ0v) is 14.4. The van der Waals surface area contributed by atoms with E-state index in [9.17, 15) is 13.2 Å². The monoisotopic (exact) mass is 361 g/mol. The van der Waals surface area contributed by atoms with Crippen LogP contribution in [-0.2, 0) is 10.0 Å². The number of nitrogens with zero attached hydrogens (tertiary/aromatic N) is 3. The number of rotatable bonds is 6. The maximum Gasteiger partial charge on any atom is 0.251 e.